The molecule has 112 valence electrons. The minimum Gasteiger partial charge on any atom is -0.462 e. The Bertz CT molecular complexity index is 468. The van der Waals surface area contributed by atoms with E-state index in [4.69, 9.17) is 21.1 Å². The van der Waals surface area contributed by atoms with Crippen molar-refractivity contribution in [3.63, 3.8) is 0 Å². The van der Waals surface area contributed by atoms with Gasteiger partial charge < -0.3 is 9.47 Å². The molecule has 0 spiro atoms. The van der Waals surface area contributed by atoms with Crippen LogP contribution in [0.25, 0.3) is 0 Å². The summed E-state index contributed by atoms with van der Waals surface area (Å²) >= 11 is 5.88. The number of alkyl halides is 1. The van der Waals surface area contributed by atoms with Crippen LogP contribution in [0, 0.1) is 0 Å². The van der Waals surface area contributed by atoms with E-state index in [9.17, 15) is 4.79 Å². The van der Waals surface area contributed by atoms with Crippen LogP contribution in [0.3, 0.4) is 0 Å². The first-order valence-electron chi connectivity index (χ1n) is 6.75. The molecular weight excluding hydrogens is 280 g/mol. The minimum atomic E-state index is -0.581. The zero-order valence-corrected chi connectivity index (χ0v) is 13.2. The molecule has 1 heterocycles. The van der Waals surface area contributed by atoms with Crippen molar-refractivity contribution >= 4 is 17.6 Å². The van der Waals surface area contributed by atoms with Crippen molar-refractivity contribution in [2.24, 2.45) is 0 Å². The molecule has 0 bridgehead atoms. The molecule has 0 aliphatic heterocycles. The maximum atomic E-state index is 11.8. The van der Waals surface area contributed by atoms with Gasteiger partial charge in [-0.25, -0.2) is 14.8 Å². The summed E-state index contributed by atoms with van der Waals surface area (Å²) in [6.45, 7) is 8.45. The van der Waals surface area contributed by atoms with Crippen molar-refractivity contribution in [3.05, 3.63) is 23.3 Å². The molecule has 1 atom stereocenters. The number of carbonyl (C=O) groups is 1. The lowest BCUT2D eigenvalue weighted by Gasteiger charge is -2.26. The topological polar surface area (TPSA) is 61.3 Å². The monoisotopic (exact) mass is 300 g/mol. The first-order valence-corrected chi connectivity index (χ1v) is 7.29. The molecule has 1 unspecified atom stereocenters. The molecule has 0 amide bonds. The van der Waals surface area contributed by atoms with E-state index in [0.717, 1.165) is 6.42 Å². The zero-order chi connectivity index (χ0) is 15.2. The smallest absolute Gasteiger partial charge is 0.341 e. The van der Waals surface area contributed by atoms with Crippen LogP contribution in [0.2, 0.25) is 0 Å². The van der Waals surface area contributed by atoms with E-state index in [1.54, 1.807) is 6.92 Å². The maximum Gasteiger partial charge on any atom is 0.341 e. The van der Waals surface area contributed by atoms with E-state index in [0.29, 0.717) is 30.3 Å². The summed E-state index contributed by atoms with van der Waals surface area (Å²) in [4.78, 5) is 20.4. The second-order valence-electron chi connectivity index (χ2n) is 4.43. The Morgan fingerprint density at radius 1 is 1.35 bits per heavy atom. The summed E-state index contributed by atoms with van der Waals surface area (Å²) in [6.07, 6.45) is 2.19. The fourth-order valence-corrected chi connectivity index (χ4v) is 2.00. The van der Waals surface area contributed by atoms with Gasteiger partial charge in [-0.3, -0.25) is 0 Å². The highest BCUT2D eigenvalue weighted by Gasteiger charge is 2.29. The molecule has 0 saturated carbocycles. The number of hydrogen-bond donors (Lipinski definition) is 0. The number of nitrogens with zero attached hydrogens (tertiary/aromatic N) is 2. The molecule has 1 rings (SSSR count). The van der Waals surface area contributed by atoms with Crippen molar-refractivity contribution in [3.8, 4) is 0 Å². The van der Waals surface area contributed by atoms with Gasteiger partial charge in [-0.05, 0) is 27.2 Å². The lowest BCUT2D eigenvalue weighted by atomic mass is 10.0. The average Bonchev–Trinajstić information content (AvgIpc) is 2.46. The van der Waals surface area contributed by atoms with Gasteiger partial charge in [0.15, 0.2) is 5.82 Å². The number of esters is 1. The third-order valence-electron chi connectivity index (χ3n) is 3.10. The number of aromatic nitrogens is 2. The molecule has 1 aromatic rings. The van der Waals surface area contributed by atoms with Crippen molar-refractivity contribution < 1.29 is 14.3 Å². The summed E-state index contributed by atoms with van der Waals surface area (Å²) < 4.78 is 10.7. The Morgan fingerprint density at radius 3 is 2.55 bits per heavy atom. The fourth-order valence-electron chi connectivity index (χ4n) is 1.80. The SMILES string of the molecule is CCOC(=O)c1cnc(C(C)(CC)OCC)nc1CCl. The average molecular weight is 301 g/mol. The van der Waals surface area contributed by atoms with Gasteiger partial charge in [0.1, 0.15) is 11.2 Å². The Morgan fingerprint density at radius 2 is 2.05 bits per heavy atom. The predicted molar refractivity (Wildman–Crippen MR) is 76.8 cm³/mol. The highest BCUT2D eigenvalue weighted by molar-refractivity contribution is 6.17. The molecule has 1 aromatic heterocycles. The molecule has 0 radical (unpaired) electrons. The van der Waals surface area contributed by atoms with Gasteiger partial charge in [-0.1, -0.05) is 6.92 Å². The largest absolute Gasteiger partial charge is 0.462 e. The first-order chi connectivity index (χ1) is 9.52. The van der Waals surface area contributed by atoms with Crippen molar-refractivity contribution in [1.29, 1.82) is 0 Å². The van der Waals surface area contributed by atoms with Crippen LogP contribution in [0.4, 0.5) is 0 Å². The van der Waals surface area contributed by atoms with Crippen LogP contribution in [0.15, 0.2) is 6.20 Å². The van der Waals surface area contributed by atoms with E-state index < -0.39 is 11.6 Å². The highest BCUT2D eigenvalue weighted by atomic mass is 35.5. The second kappa shape index (κ2) is 7.55. The molecule has 0 aromatic carbocycles. The van der Waals surface area contributed by atoms with E-state index in [-0.39, 0.29) is 5.88 Å². The summed E-state index contributed by atoms with van der Waals surface area (Å²) in [6, 6.07) is 0. The van der Waals surface area contributed by atoms with Crippen LogP contribution in [0.5, 0.6) is 0 Å². The Kier molecular flexibility index (Phi) is 6.36. The van der Waals surface area contributed by atoms with E-state index in [1.807, 2.05) is 20.8 Å². The van der Waals surface area contributed by atoms with Gasteiger partial charge in [0.25, 0.3) is 0 Å². The van der Waals surface area contributed by atoms with E-state index in [1.165, 1.54) is 6.20 Å². The van der Waals surface area contributed by atoms with Crippen LogP contribution >= 0.6 is 11.6 Å². The number of carbonyl (C=O) groups excluding carboxylic acids is 1. The number of hydrogen-bond acceptors (Lipinski definition) is 5. The second-order valence-corrected chi connectivity index (χ2v) is 4.69. The molecule has 5 nitrogen and oxygen atoms in total. The standard InChI is InChI=1S/C14H21ClN2O3/c1-5-14(4,20-7-3)13-16-9-10(11(8-15)17-13)12(18)19-6-2/h9H,5-8H2,1-4H3. The van der Waals surface area contributed by atoms with Crippen molar-refractivity contribution in [2.45, 2.75) is 45.6 Å². The normalized spacial score (nSPS) is 13.8. The van der Waals surface area contributed by atoms with Crippen LogP contribution in [-0.4, -0.2) is 29.2 Å². The lowest BCUT2D eigenvalue weighted by molar-refractivity contribution is -0.0392. The van der Waals surface area contributed by atoms with Gasteiger partial charge in [0.05, 0.1) is 18.2 Å². The van der Waals surface area contributed by atoms with Gasteiger partial charge in [0, 0.05) is 12.8 Å². The quantitative estimate of drug-likeness (QED) is 0.572. The number of rotatable bonds is 7. The van der Waals surface area contributed by atoms with Gasteiger partial charge >= 0.3 is 5.97 Å². The van der Waals surface area contributed by atoms with E-state index >= 15 is 0 Å². The third kappa shape index (κ3) is 3.67. The number of halogens is 1. The maximum absolute atomic E-state index is 11.8. The summed E-state index contributed by atoms with van der Waals surface area (Å²) in [7, 11) is 0. The van der Waals surface area contributed by atoms with Gasteiger partial charge in [0.2, 0.25) is 0 Å². The number of ether oxygens (including phenoxy) is 2. The van der Waals surface area contributed by atoms with Crippen LogP contribution < -0.4 is 0 Å². The fraction of sp³-hybridized carbons (Fsp3) is 0.643. The summed E-state index contributed by atoms with van der Waals surface area (Å²) in [5.41, 5.74) is 0.193. The summed E-state index contributed by atoms with van der Waals surface area (Å²) in [5, 5.41) is 0. The van der Waals surface area contributed by atoms with Crippen LogP contribution in [-0.2, 0) is 21.0 Å². The molecular formula is C14H21ClN2O3. The molecule has 0 aliphatic carbocycles. The molecule has 0 fully saturated rings. The predicted octanol–water partition coefficient (Wildman–Crippen LogP) is 3.05. The summed E-state index contributed by atoms with van der Waals surface area (Å²) in [5.74, 6) is 0.199. The molecule has 20 heavy (non-hydrogen) atoms. The van der Waals surface area contributed by atoms with Crippen molar-refractivity contribution in [2.75, 3.05) is 13.2 Å². The van der Waals surface area contributed by atoms with E-state index in [2.05, 4.69) is 9.97 Å². The van der Waals surface area contributed by atoms with Crippen molar-refractivity contribution in [1.82, 2.24) is 9.97 Å². The highest BCUT2D eigenvalue weighted by Crippen LogP contribution is 2.26. The Hall–Kier alpha value is -1.20. The van der Waals surface area contributed by atoms with Gasteiger partial charge in [-0.15, -0.1) is 11.6 Å². The van der Waals surface area contributed by atoms with Crippen LogP contribution in [0.1, 0.15) is 56.0 Å². The zero-order valence-electron chi connectivity index (χ0n) is 12.4. The first kappa shape index (κ1) is 16.9. The van der Waals surface area contributed by atoms with Gasteiger partial charge in [-0.2, -0.15) is 0 Å². The minimum absolute atomic E-state index is 0.121. The Labute approximate surface area is 124 Å². The molecule has 6 heteroatoms. The lowest BCUT2D eigenvalue weighted by Crippen LogP contribution is -2.29. The molecule has 0 N–H and O–H groups in total. The molecule has 0 saturated heterocycles. The Balaban J connectivity index is 3.17. The molecule has 0 aliphatic rings. The third-order valence-corrected chi connectivity index (χ3v) is 3.35.